The Morgan fingerprint density at radius 2 is 1.14 bits per heavy atom. The number of rotatable bonds is 25. The van der Waals surface area contributed by atoms with Crippen molar-refractivity contribution in [3.8, 4) is 11.1 Å². The van der Waals surface area contributed by atoms with E-state index in [1.165, 1.54) is 0 Å². The maximum Gasteiger partial charge on any atom is 0.409 e. The van der Waals surface area contributed by atoms with Crippen LogP contribution in [0.15, 0.2) is 48.5 Å². The monoisotopic (exact) mass is 704 g/mol. The molecule has 0 radical (unpaired) electrons. The number of ether oxygens (including phenoxy) is 8. The van der Waals surface area contributed by atoms with Gasteiger partial charge in [-0.2, -0.15) is 0 Å². The Hall–Kier alpha value is -3.79. The van der Waals surface area contributed by atoms with Crippen LogP contribution >= 0.6 is 0 Å². The van der Waals surface area contributed by atoms with Crippen LogP contribution in [0.2, 0.25) is 0 Å². The van der Waals surface area contributed by atoms with Gasteiger partial charge in [-0.05, 0) is 43.0 Å². The Morgan fingerprint density at radius 3 is 1.64 bits per heavy atom. The van der Waals surface area contributed by atoms with E-state index in [-0.39, 0.29) is 45.6 Å². The molecule has 1 aliphatic carbocycles. The highest BCUT2D eigenvalue weighted by molar-refractivity contribution is 5.79. The van der Waals surface area contributed by atoms with E-state index in [0.717, 1.165) is 22.3 Å². The van der Waals surface area contributed by atoms with Crippen molar-refractivity contribution in [3.63, 3.8) is 0 Å². The number of hydrogen-bond acceptors (Lipinski definition) is 11. The Bertz CT molecular complexity index is 1260. The number of carboxylic acids is 1. The molecule has 0 unspecified atom stereocenters. The lowest BCUT2D eigenvalue weighted by Crippen LogP contribution is -2.38. The van der Waals surface area contributed by atoms with E-state index < -0.39 is 23.8 Å². The van der Waals surface area contributed by atoms with Crippen molar-refractivity contribution in [3.05, 3.63) is 59.7 Å². The molecule has 14 heteroatoms. The molecule has 0 fully saturated rings. The number of fused-ring (bicyclic) bond motifs is 3. The van der Waals surface area contributed by atoms with Gasteiger partial charge in [-0.1, -0.05) is 48.5 Å². The van der Waals surface area contributed by atoms with Crippen LogP contribution in [0.3, 0.4) is 0 Å². The molecule has 0 aromatic heterocycles. The van der Waals surface area contributed by atoms with Crippen LogP contribution in [0, 0.1) is 0 Å². The molecule has 14 nitrogen and oxygen atoms in total. The molecule has 0 atom stereocenters. The third-order valence-corrected chi connectivity index (χ3v) is 7.23. The van der Waals surface area contributed by atoms with Crippen molar-refractivity contribution in [2.75, 3.05) is 106 Å². The lowest BCUT2D eigenvalue weighted by molar-refractivity contribution is -0.142. The molecule has 3 rings (SSSR count). The summed E-state index contributed by atoms with van der Waals surface area (Å²) in [6, 6.07) is 16.3. The van der Waals surface area contributed by atoms with Crippen molar-refractivity contribution in [1.29, 1.82) is 0 Å². The summed E-state index contributed by atoms with van der Waals surface area (Å²) in [6.45, 7) is 9.51. The molecule has 0 saturated carbocycles. The second kappa shape index (κ2) is 22.8. The third-order valence-electron chi connectivity index (χ3n) is 7.23. The SMILES string of the molecule is CC(C)(C)OC(=O)NCCOCCOCCOCCN(CCOCCOCCOCC(=O)O)C(=O)OCC1c2ccccc2-c2ccccc21. The van der Waals surface area contributed by atoms with E-state index in [9.17, 15) is 14.4 Å². The number of carboxylic acid groups (broad SMARTS) is 1. The largest absolute Gasteiger partial charge is 0.480 e. The van der Waals surface area contributed by atoms with E-state index in [2.05, 4.69) is 29.6 Å². The van der Waals surface area contributed by atoms with Gasteiger partial charge in [0.15, 0.2) is 0 Å². The molecule has 0 bridgehead atoms. The molecular formula is C36H52N2O12. The van der Waals surface area contributed by atoms with Gasteiger partial charge in [0.2, 0.25) is 0 Å². The molecule has 50 heavy (non-hydrogen) atoms. The van der Waals surface area contributed by atoms with Crippen LogP contribution in [0.1, 0.15) is 37.8 Å². The number of alkyl carbamates (subject to hydrolysis) is 1. The number of carbonyl (C=O) groups excluding carboxylic acids is 2. The molecule has 1 aliphatic rings. The van der Waals surface area contributed by atoms with Crippen molar-refractivity contribution < 1.29 is 57.4 Å². The molecular weight excluding hydrogens is 652 g/mol. The zero-order chi connectivity index (χ0) is 36.0. The Balaban J connectivity index is 1.35. The molecule has 0 saturated heterocycles. The summed E-state index contributed by atoms with van der Waals surface area (Å²) in [7, 11) is 0. The molecule has 0 spiro atoms. The molecule has 278 valence electrons. The van der Waals surface area contributed by atoms with Crippen LogP contribution in [-0.2, 0) is 42.7 Å². The first-order valence-corrected chi connectivity index (χ1v) is 16.9. The van der Waals surface area contributed by atoms with Gasteiger partial charge >= 0.3 is 18.2 Å². The van der Waals surface area contributed by atoms with Crippen LogP contribution in [0.5, 0.6) is 0 Å². The van der Waals surface area contributed by atoms with Gasteiger partial charge < -0.3 is 53.2 Å². The van der Waals surface area contributed by atoms with E-state index in [4.69, 9.17) is 43.0 Å². The summed E-state index contributed by atoms with van der Waals surface area (Å²) in [5.74, 6) is -1.09. The topological polar surface area (TPSA) is 161 Å². The minimum Gasteiger partial charge on any atom is -0.480 e. The fourth-order valence-corrected chi connectivity index (χ4v) is 5.01. The molecule has 2 N–H and O–H groups in total. The number of hydrogen-bond donors (Lipinski definition) is 2. The predicted molar refractivity (Wildman–Crippen MR) is 183 cm³/mol. The fourth-order valence-electron chi connectivity index (χ4n) is 5.01. The van der Waals surface area contributed by atoms with Crippen molar-refractivity contribution in [2.45, 2.75) is 32.3 Å². The predicted octanol–water partition coefficient (Wildman–Crippen LogP) is 3.95. The summed E-state index contributed by atoms with van der Waals surface area (Å²) < 4.78 is 43.7. The average Bonchev–Trinajstić information content (AvgIpc) is 3.40. The molecule has 2 aromatic rings. The molecule has 2 aromatic carbocycles. The first-order chi connectivity index (χ1) is 24.2. The second-order valence-corrected chi connectivity index (χ2v) is 12.2. The van der Waals surface area contributed by atoms with Gasteiger partial charge in [-0.15, -0.1) is 0 Å². The van der Waals surface area contributed by atoms with Gasteiger partial charge in [0, 0.05) is 25.6 Å². The summed E-state index contributed by atoms with van der Waals surface area (Å²) in [6.07, 6.45) is -0.941. The van der Waals surface area contributed by atoms with Gasteiger partial charge in [-0.3, -0.25) is 0 Å². The first kappa shape index (κ1) is 40.6. The van der Waals surface area contributed by atoms with Crippen LogP contribution in [0.4, 0.5) is 9.59 Å². The van der Waals surface area contributed by atoms with E-state index >= 15 is 0 Å². The molecule has 0 heterocycles. The smallest absolute Gasteiger partial charge is 0.409 e. The zero-order valence-electron chi connectivity index (χ0n) is 29.4. The third kappa shape index (κ3) is 15.8. The summed E-state index contributed by atoms with van der Waals surface area (Å²) in [5.41, 5.74) is 4.03. The number of amides is 2. The Morgan fingerprint density at radius 1 is 0.680 bits per heavy atom. The highest BCUT2D eigenvalue weighted by atomic mass is 16.6. The highest BCUT2D eigenvalue weighted by Crippen LogP contribution is 2.44. The number of nitrogens with one attached hydrogen (secondary N) is 1. The molecule has 0 aliphatic heterocycles. The van der Waals surface area contributed by atoms with Crippen molar-refractivity contribution in [1.82, 2.24) is 10.2 Å². The lowest BCUT2D eigenvalue weighted by Gasteiger charge is -2.23. The number of benzene rings is 2. The lowest BCUT2D eigenvalue weighted by atomic mass is 9.98. The first-order valence-electron chi connectivity index (χ1n) is 16.9. The van der Waals surface area contributed by atoms with Gasteiger partial charge in [0.25, 0.3) is 0 Å². The maximum absolute atomic E-state index is 13.3. The summed E-state index contributed by atoms with van der Waals surface area (Å²) in [4.78, 5) is 37.0. The fraction of sp³-hybridized carbons (Fsp3) is 0.583. The van der Waals surface area contributed by atoms with Crippen LogP contribution < -0.4 is 5.32 Å². The van der Waals surface area contributed by atoms with E-state index in [1.807, 2.05) is 24.3 Å². The summed E-state index contributed by atoms with van der Waals surface area (Å²) in [5, 5.41) is 11.2. The van der Waals surface area contributed by atoms with Gasteiger partial charge in [-0.25, -0.2) is 14.4 Å². The number of aliphatic carboxylic acids is 1. The van der Waals surface area contributed by atoms with Crippen LogP contribution in [-0.4, -0.2) is 139 Å². The average molecular weight is 705 g/mol. The minimum atomic E-state index is -1.03. The van der Waals surface area contributed by atoms with E-state index in [1.54, 1.807) is 25.7 Å². The molecule has 2 amide bonds. The van der Waals surface area contributed by atoms with Crippen molar-refractivity contribution in [2.24, 2.45) is 0 Å². The number of nitrogens with zero attached hydrogens (tertiary/aromatic N) is 1. The van der Waals surface area contributed by atoms with Crippen LogP contribution in [0.25, 0.3) is 11.1 Å². The maximum atomic E-state index is 13.3. The van der Waals surface area contributed by atoms with Crippen molar-refractivity contribution >= 4 is 18.2 Å². The zero-order valence-corrected chi connectivity index (χ0v) is 29.4. The highest BCUT2D eigenvalue weighted by Gasteiger charge is 2.29. The quantitative estimate of drug-likeness (QED) is 0.144. The Labute approximate surface area is 294 Å². The second-order valence-electron chi connectivity index (χ2n) is 12.2. The minimum absolute atomic E-state index is 0.0558. The number of carbonyl (C=O) groups is 3. The van der Waals surface area contributed by atoms with Gasteiger partial charge in [0.05, 0.1) is 72.7 Å². The standard InChI is InChI=1S/C36H52N2O12/c1-36(2,3)50-34(41)37-12-15-43-18-21-46-22-19-44-16-13-38(14-17-45-20-23-47-24-25-48-27-33(39)40)35(42)49-26-32-30-10-6-4-8-28(30)29-9-5-7-11-31(29)32/h4-11,32H,12-27H2,1-3H3,(H,37,41)(H,39,40). The van der Waals surface area contributed by atoms with Gasteiger partial charge in [0.1, 0.15) is 18.8 Å². The van der Waals surface area contributed by atoms with E-state index in [0.29, 0.717) is 65.9 Å². The normalized spacial score (nSPS) is 12.3. The Kier molecular flexibility index (Phi) is 18.6. The summed E-state index contributed by atoms with van der Waals surface area (Å²) >= 11 is 0.